The van der Waals surface area contributed by atoms with E-state index in [4.69, 9.17) is 26.5 Å². The second kappa shape index (κ2) is 12.9. The molecule has 5 aromatic rings. The first-order valence-electron chi connectivity index (χ1n) is 17.9. The minimum absolute atomic E-state index is 0.160. The molecule has 0 spiro atoms. The van der Waals surface area contributed by atoms with Crippen LogP contribution in [0.5, 0.6) is 5.75 Å². The number of rotatable bonds is 6. The molecule has 270 valence electrons. The second-order valence-corrected chi connectivity index (χ2v) is 14.9. The fraction of sp³-hybridized carbons (Fsp3) is 0.325. The Kier molecular flexibility index (Phi) is 8.12. The van der Waals surface area contributed by atoms with Crippen molar-refractivity contribution >= 4 is 62.9 Å². The van der Waals surface area contributed by atoms with Crippen molar-refractivity contribution in [2.24, 2.45) is 5.92 Å². The first-order chi connectivity index (χ1) is 25.6. The molecule has 1 unspecified atom stereocenters. The third kappa shape index (κ3) is 5.77. The number of pyridine rings is 1. The summed E-state index contributed by atoms with van der Waals surface area (Å²) in [5.41, 5.74) is 13.3. The summed E-state index contributed by atoms with van der Waals surface area (Å²) >= 11 is 6.35. The zero-order valence-corrected chi connectivity index (χ0v) is 29.9. The number of methoxy groups -OCH3 is 1. The Morgan fingerprint density at radius 2 is 1.77 bits per heavy atom. The predicted octanol–water partition coefficient (Wildman–Crippen LogP) is 5.25. The average Bonchev–Trinajstić information content (AvgIpc) is 3.71. The number of hydrogen-bond acceptors (Lipinski definition) is 10. The Labute approximate surface area is 309 Å². The maximum Gasteiger partial charge on any atom is 0.255 e. The van der Waals surface area contributed by atoms with Crippen LogP contribution in [0.3, 0.4) is 0 Å². The molecule has 0 radical (unpaired) electrons. The summed E-state index contributed by atoms with van der Waals surface area (Å²) in [5, 5.41) is 2.97. The maximum atomic E-state index is 13.6. The summed E-state index contributed by atoms with van der Waals surface area (Å²) in [5.74, 6) is 0.454. The van der Waals surface area contributed by atoms with Crippen LogP contribution in [0, 0.1) is 5.92 Å². The molecule has 9 rings (SSSR count). The van der Waals surface area contributed by atoms with Crippen LogP contribution in [0.4, 0.5) is 11.5 Å². The van der Waals surface area contributed by atoms with Crippen molar-refractivity contribution in [2.45, 2.75) is 51.4 Å². The topological polar surface area (TPSA) is 151 Å². The van der Waals surface area contributed by atoms with E-state index in [1.165, 1.54) is 11.1 Å². The Balaban J connectivity index is 0.878. The number of anilines is 2. The largest absolute Gasteiger partial charge is 0.496 e. The summed E-state index contributed by atoms with van der Waals surface area (Å²) in [6.07, 6.45) is 2.55. The van der Waals surface area contributed by atoms with Crippen LogP contribution in [0.2, 0.25) is 5.02 Å². The number of benzene rings is 3. The van der Waals surface area contributed by atoms with Gasteiger partial charge < -0.3 is 24.7 Å². The highest BCUT2D eigenvalue weighted by Crippen LogP contribution is 2.39. The number of ether oxygens (including phenoxy) is 1. The van der Waals surface area contributed by atoms with Gasteiger partial charge >= 0.3 is 0 Å². The van der Waals surface area contributed by atoms with Crippen molar-refractivity contribution in [3.63, 3.8) is 0 Å². The van der Waals surface area contributed by atoms with Gasteiger partial charge in [0.05, 0.1) is 29.6 Å². The molecule has 0 aliphatic carbocycles. The Morgan fingerprint density at radius 1 is 0.962 bits per heavy atom. The van der Waals surface area contributed by atoms with E-state index in [1.807, 2.05) is 12.1 Å². The van der Waals surface area contributed by atoms with Gasteiger partial charge in [0, 0.05) is 62.0 Å². The molecule has 2 saturated heterocycles. The van der Waals surface area contributed by atoms with E-state index in [-0.39, 0.29) is 41.5 Å². The van der Waals surface area contributed by atoms with Gasteiger partial charge in [-0.15, -0.1) is 0 Å². The van der Waals surface area contributed by atoms with Gasteiger partial charge in [-0.2, -0.15) is 0 Å². The highest BCUT2D eigenvalue weighted by Gasteiger charge is 2.41. The lowest BCUT2D eigenvalue weighted by Crippen LogP contribution is -2.52. The Bertz CT molecular complexity index is 2440. The number of nitrogens with zero attached hydrogens (tertiary/aromatic N) is 4. The van der Waals surface area contributed by atoms with Crippen molar-refractivity contribution in [2.75, 3.05) is 37.4 Å². The van der Waals surface area contributed by atoms with Gasteiger partial charge in [0.15, 0.2) is 11.1 Å². The molecule has 2 aromatic heterocycles. The number of aromatic nitrogens is 1. The number of halogens is 1. The monoisotopic (exact) mass is 732 g/mol. The minimum atomic E-state index is -0.669. The molecule has 53 heavy (non-hydrogen) atoms. The Hall–Kier alpha value is -5.46. The van der Waals surface area contributed by atoms with Crippen LogP contribution in [0.1, 0.15) is 52.7 Å². The lowest BCUT2D eigenvalue weighted by molar-refractivity contribution is -0.136. The van der Waals surface area contributed by atoms with E-state index < -0.39 is 11.9 Å². The fourth-order valence-corrected chi connectivity index (χ4v) is 8.79. The van der Waals surface area contributed by atoms with E-state index in [0.29, 0.717) is 50.8 Å². The summed E-state index contributed by atoms with van der Waals surface area (Å²) in [6, 6.07) is 16.5. The molecule has 3 amide bonds. The van der Waals surface area contributed by atoms with Crippen molar-refractivity contribution in [3.8, 4) is 16.9 Å². The number of carbonyl (C=O) groups is 3. The Morgan fingerprint density at radius 3 is 2.57 bits per heavy atom. The van der Waals surface area contributed by atoms with Crippen LogP contribution >= 0.6 is 11.6 Å². The SMILES string of the molecule is COc1cc(N2CCC(CN3Cc4ccc(-c5cc(N)nc6c(=O)c7c(Cl)cccc7oc56)cc4C3)CC2)cc2c1CN(C1CCC(=O)NC1=O)C2=O. The summed E-state index contributed by atoms with van der Waals surface area (Å²) in [6.45, 7) is 4.63. The lowest BCUT2D eigenvalue weighted by atomic mass is 9.95. The molecular weight excluding hydrogens is 696 g/mol. The zero-order valence-electron chi connectivity index (χ0n) is 29.1. The van der Waals surface area contributed by atoms with Crippen molar-refractivity contribution in [3.05, 3.63) is 92.1 Å². The molecule has 6 heterocycles. The molecular formula is C40H37ClN6O6. The fourth-order valence-electron chi connectivity index (χ4n) is 8.54. The van der Waals surface area contributed by atoms with E-state index >= 15 is 0 Å². The van der Waals surface area contributed by atoms with Crippen molar-refractivity contribution < 1.29 is 23.5 Å². The molecule has 4 aliphatic rings. The molecule has 0 bridgehead atoms. The number of nitrogen functional groups attached to an aromatic ring is 1. The van der Waals surface area contributed by atoms with Crippen LogP contribution in [-0.2, 0) is 29.2 Å². The lowest BCUT2D eigenvalue weighted by Gasteiger charge is -2.35. The number of nitrogens with two attached hydrogens (primary N) is 1. The summed E-state index contributed by atoms with van der Waals surface area (Å²) in [4.78, 5) is 61.9. The molecule has 0 saturated carbocycles. The normalized spacial score (nSPS) is 19.3. The smallest absolute Gasteiger partial charge is 0.255 e. The summed E-state index contributed by atoms with van der Waals surface area (Å²) < 4.78 is 12.0. The summed E-state index contributed by atoms with van der Waals surface area (Å²) in [7, 11) is 1.60. The second-order valence-electron chi connectivity index (χ2n) is 14.5. The highest BCUT2D eigenvalue weighted by atomic mass is 35.5. The van der Waals surface area contributed by atoms with E-state index in [9.17, 15) is 19.2 Å². The molecule has 4 aliphatic heterocycles. The molecule has 13 heteroatoms. The quantitative estimate of drug-likeness (QED) is 0.175. The standard InChI is InChI=1S/C40H37ClN6O6/c1-52-32-15-25(14-27-28(32)20-47(40(27)51)30-7-8-34(48)44-39(30)50)46-11-9-21(10-12-46)17-45-18-23-6-5-22(13-24(23)19-45)26-16-33(42)43-36-37(49)35-29(41)3-2-4-31(35)53-38(26)36/h2-6,13-16,21,30H,7-12,17-20H2,1H3,(H2,42,43)(H,44,48,50). The molecule has 1 atom stereocenters. The van der Waals surface area contributed by atoms with E-state index in [0.717, 1.165) is 62.4 Å². The van der Waals surface area contributed by atoms with Crippen LogP contribution in [-0.4, -0.2) is 65.3 Å². The minimum Gasteiger partial charge on any atom is -0.496 e. The van der Waals surface area contributed by atoms with Crippen LogP contribution in [0.25, 0.3) is 33.2 Å². The molecule has 3 aromatic carbocycles. The average molecular weight is 733 g/mol. The van der Waals surface area contributed by atoms with Crippen LogP contribution in [0.15, 0.2) is 63.8 Å². The number of imide groups is 1. The van der Waals surface area contributed by atoms with E-state index in [2.05, 4.69) is 38.3 Å². The van der Waals surface area contributed by atoms with Crippen molar-refractivity contribution in [1.82, 2.24) is 20.1 Å². The van der Waals surface area contributed by atoms with Gasteiger partial charge in [0.2, 0.25) is 17.2 Å². The van der Waals surface area contributed by atoms with Gasteiger partial charge in [-0.1, -0.05) is 29.8 Å². The van der Waals surface area contributed by atoms with Gasteiger partial charge in [0.25, 0.3) is 5.91 Å². The molecule has 2 fully saturated rings. The van der Waals surface area contributed by atoms with Gasteiger partial charge in [-0.25, -0.2) is 4.98 Å². The third-order valence-corrected chi connectivity index (χ3v) is 11.6. The van der Waals surface area contributed by atoms with Gasteiger partial charge in [0.1, 0.15) is 23.2 Å². The number of hydrogen-bond donors (Lipinski definition) is 2. The zero-order chi connectivity index (χ0) is 36.5. The number of nitrogens with one attached hydrogen (secondary N) is 1. The first-order valence-corrected chi connectivity index (χ1v) is 18.3. The maximum absolute atomic E-state index is 13.6. The van der Waals surface area contributed by atoms with Crippen molar-refractivity contribution in [1.29, 1.82) is 0 Å². The number of amides is 3. The van der Waals surface area contributed by atoms with Crippen LogP contribution < -0.4 is 26.1 Å². The predicted molar refractivity (Wildman–Crippen MR) is 201 cm³/mol. The van der Waals surface area contributed by atoms with Gasteiger partial charge in [-0.3, -0.25) is 29.4 Å². The highest BCUT2D eigenvalue weighted by molar-refractivity contribution is 6.35. The third-order valence-electron chi connectivity index (χ3n) is 11.2. The molecule has 3 N–H and O–H groups in total. The first kappa shape index (κ1) is 33.4. The molecule has 12 nitrogen and oxygen atoms in total. The van der Waals surface area contributed by atoms with E-state index in [1.54, 1.807) is 36.3 Å². The number of fused-ring (bicyclic) bond motifs is 4. The number of piperidine rings is 2. The number of carbonyl (C=O) groups excluding carboxylic acids is 3. The van der Waals surface area contributed by atoms with Gasteiger partial charge in [-0.05, 0) is 72.2 Å².